The van der Waals surface area contributed by atoms with Crippen molar-refractivity contribution in [3.63, 3.8) is 0 Å². The fourth-order valence-corrected chi connectivity index (χ4v) is 0.602. The van der Waals surface area contributed by atoms with Crippen LogP contribution in [0.3, 0.4) is 0 Å². The third kappa shape index (κ3) is 0.342. The van der Waals surface area contributed by atoms with Crippen LogP contribution in [0.5, 0.6) is 0 Å². The van der Waals surface area contributed by atoms with Gasteiger partial charge in [0.05, 0.1) is 0 Å². The molecule has 0 aromatic heterocycles. The standard InChI is InChI=1S/C5H9F/c1-3-4(2)5(3)6/h3-5H,1-2H3/t3-,4?,5?/m0/s1. The van der Waals surface area contributed by atoms with E-state index in [1.807, 2.05) is 13.8 Å². The van der Waals surface area contributed by atoms with Gasteiger partial charge in [0.15, 0.2) is 0 Å². The average Bonchev–Trinajstić information content (AvgIpc) is 1.94. The van der Waals surface area contributed by atoms with E-state index in [0.29, 0.717) is 11.8 Å². The minimum atomic E-state index is -0.481. The third-order valence-corrected chi connectivity index (χ3v) is 1.69. The van der Waals surface area contributed by atoms with Gasteiger partial charge < -0.3 is 0 Å². The summed E-state index contributed by atoms with van der Waals surface area (Å²) in [6.45, 7) is 3.88. The molecule has 0 heterocycles. The van der Waals surface area contributed by atoms with Crippen molar-refractivity contribution in [3.8, 4) is 0 Å². The molecule has 1 aliphatic rings. The molecular weight excluding hydrogens is 79.1 g/mol. The predicted molar refractivity (Wildman–Crippen MR) is 23.2 cm³/mol. The summed E-state index contributed by atoms with van der Waals surface area (Å²) in [6.07, 6.45) is -0.481. The van der Waals surface area contributed by atoms with Crippen LogP contribution in [0.4, 0.5) is 4.39 Å². The summed E-state index contributed by atoms with van der Waals surface area (Å²) in [5.74, 6) is 0.704. The van der Waals surface area contributed by atoms with E-state index < -0.39 is 6.17 Å². The molecule has 0 aliphatic heterocycles. The molecule has 1 saturated carbocycles. The van der Waals surface area contributed by atoms with Gasteiger partial charge in [-0.15, -0.1) is 0 Å². The second kappa shape index (κ2) is 0.955. The Morgan fingerprint density at radius 3 is 1.33 bits per heavy atom. The van der Waals surface area contributed by atoms with E-state index in [1.165, 1.54) is 0 Å². The summed E-state index contributed by atoms with van der Waals surface area (Å²) in [6, 6.07) is 0. The van der Waals surface area contributed by atoms with E-state index in [9.17, 15) is 4.39 Å². The van der Waals surface area contributed by atoms with Crippen LogP contribution in [0.25, 0.3) is 0 Å². The number of rotatable bonds is 0. The molecule has 0 bridgehead atoms. The Morgan fingerprint density at radius 1 is 1.17 bits per heavy atom. The van der Waals surface area contributed by atoms with Crippen LogP contribution in [0, 0.1) is 11.8 Å². The van der Waals surface area contributed by atoms with Crippen molar-refractivity contribution >= 4 is 0 Å². The molecule has 2 unspecified atom stereocenters. The lowest BCUT2D eigenvalue weighted by atomic mass is 10.4. The van der Waals surface area contributed by atoms with Gasteiger partial charge in [0.2, 0.25) is 0 Å². The summed E-state index contributed by atoms with van der Waals surface area (Å²) in [5.41, 5.74) is 0. The fraction of sp³-hybridized carbons (Fsp3) is 1.00. The van der Waals surface area contributed by atoms with Crippen LogP contribution in [0.1, 0.15) is 13.8 Å². The SMILES string of the molecule is CC1C(F)[C@H]1C. The van der Waals surface area contributed by atoms with Gasteiger partial charge in [-0.05, 0) is 11.8 Å². The summed E-state index contributed by atoms with van der Waals surface area (Å²) >= 11 is 0. The molecule has 0 radical (unpaired) electrons. The van der Waals surface area contributed by atoms with Gasteiger partial charge in [0, 0.05) is 0 Å². The molecule has 0 spiro atoms. The van der Waals surface area contributed by atoms with Gasteiger partial charge in [0.25, 0.3) is 0 Å². The Morgan fingerprint density at radius 2 is 1.33 bits per heavy atom. The van der Waals surface area contributed by atoms with E-state index in [2.05, 4.69) is 0 Å². The summed E-state index contributed by atoms with van der Waals surface area (Å²) in [5, 5.41) is 0. The molecular formula is C5H9F. The Hall–Kier alpha value is -0.0700. The molecule has 1 aliphatic carbocycles. The quantitative estimate of drug-likeness (QED) is 0.422. The van der Waals surface area contributed by atoms with Gasteiger partial charge in [-0.3, -0.25) is 0 Å². The largest absolute Gasteiger partial charge is 0.247 e. The zero-order valence-electron chi connectivity index (χ0n) is 4.11. The maximum Gasteiger partial charge on any atom is 0.106 e. The molecule has 36 valence electrons. The van der Waals surface area contributed by atoms with Gasteiger partial charge in [-0.2, -0.15) is 0 Å². The average molecular weight is 88.1 g/mol. The minimum absolute atomic E-state index is 0.352. The first-order valence-corrected chi connectivity index (χ1v) is 2.37. The van der Waals surface area contributed by atoms with E-state index in [4.69, 9.17) is 0 Å². The maximum atomic E-state index is 11.9. The van der Waals surface area contributed by atoms with Crippen LogP contribution in [0.15, 0.2) is 0 Å². The Kier molecular flexibility index (Phi) is 0.652. The zero-order valence-corrected chi connectivity index (χ0v) is 4.11. The van der Waals surface area contributed by atoms with Gasteiger partial charge in [-0.25, -0.2) is 4.39 Å². The topological polar surface area (TPSA) is 0 Å². The fourth-order valence-electron chi connectivity index (χ4n) is 0.602. The monoisotopic (exact) mass is 88.1 g/mol. The first-order chi connectivity index (χ1) is 2.73. The molecule has 0 nitrogen and oxygen atoms in total. The van der Waals surface area contributed by atoms with Crippen molar-refractivity contribution < 1.29 is 4.39 Å². The molecule has 0 saturated heterocycles. The first-order valence-electron chi connectivity index (χ1n) is 2.37. The highest BCUT2D eigenvalue weighted by Gasteiger charge is 2.43. The molecule has 1 fully saturated rings. The van der Waals surface area contributed by atoms with E-state index >= 15 is 0 Å². The predicted octanol–water partition coefficient (Wildman–Crippen LogP) is 1.61. The van der Waals surface area contributed by atoms with E-state index in [1.54, 1.807) is 0 Å². The van der Waals surface area contributed by atoms with Crippen molar-refractivity contribution in [2.24, 2.45) is 11.8 Å². The number of hydrogen-bond acceptors (Lipinski definition) is 0. The van der Waals surface area contributed by atoms with Crippen LogP contribution in [-0.4, -0.2) is 6.17 Å². The molecule has 0 aromatic carbocycles. The van der Waals surface area contributed by atoms with Crippen LogP contribution >= 0.6 is 0 Å². The number of hydrogen-bond donors (Lipinski definition) is 0. The highest BCUT2D eigenvalue weighted by molar-refractivity contribution is 4.90. The molecule has 0 N–H and O–H groups in total. The van der Waals surface area contributed by atoms with Crippen molar-refractivity contribution in [3.05, 3.63) is 0 Å². The second-order valence-corrected chi connectivity index (χ2v) is 2.16. The van der Waals surface area contributed by atoms with E-state index in [-0.39, 0.29) is 0 Å². The van der Waals surface area contributed by atoms with Crippen LogP contribution in [-0.2, 0) is 0 Å². The molecule has 3 atom stereocenters. The summed E-state index contributed by atoms with van der Waals surface area (Å²) < 4.78 is 11.9. The molecule has 1 heteroatoms. The minimum Gasteiger partial charge on any atom is -0.247 e. The lowest BCUT2D eigenvalue weighted by molar-refractivity contribution is 0.440. The Balaban J connectivity index is 2.31. The van der Waals surface area contributed by atoms with Crippen molar-refractivity contribution in [2.75, 3.05) is 0 Å². The molecule has 0 amide bonds. The third-order valence-electron chi connectivity index (χ3n) is 1.69. The maximum absolute atomic E-state index is 11.9. The highest BCUT2D eigenvalue weighted by Crippen LogP contribution is 2.40. The van der Waals surface area contributed by atoms with Gasteiger partial charge in [0.1, 0.15) is 6.17 Å². The van der Waals surface area contributed by atoms with Crippen molar-refractivity contribution in [2.45, 2.75) is 20.0 Å². The Bertz CT molecular complexity index is 40.7. The zero-order chi connectivity index (χ0) is 4.73. The molecule has 6 heavy (non-hydrogen) atoms. The smallest absolute Gasteiger partial charge is 0.106 e. The first kappa shape index (κ1) is 4.10. The highest BCUT2D eigenvalue weighted by atomic mass is 19.1. The second-order valence-electron chi connectivity index (χ2n) is 2.16. The Labute approximate surface area is 37.4 Å². The van der Waals surface area contributed by atoms with Crippen molar-refractivity contribution in [1.82, 2.24) is 0 Å². The lowest BCUT2D eigenvalue weighted by Gasteiger charge is -1.64. The lowest BCUT2D eigenvalue weighted by Crippen LogP contribution is -1.65. The number of alkyl halides is 1. The summed E-state index contributed by atoms with van der Waals surface area (Å²) in [4.78, 5) is 0. The molecule has 1 rings (SSSR count). The van der Waals surface area contributed by atoms with E-state index in [0.717, 1.165) is 0 Å². The summed E-state index contributed by atoms with van der Waals surface area (Å²) in [7, 11) is 0. The number of halogens is 1. The molecule has 0 aromatic rings. The van der Waals surface area contributed by atoms with Crippen molar-refractivity contribution in [1.29, 1.82) is 0 Å². The van der Waals surface area contributed by atoms with Gasteiger partial charge in [-0.1, -0.05) is 13.8 Å². The normalized spacial score (nSPS) is 55.5. The van der Waals surface area contributed by atoms with Gasteiger partial charge >= 0.3 is 0 Å². The van der Waals surface area contributed by atoms with Crippen LogP contribution in [0.2, 0.25) is 0 Å². The van der Waals surface area contributed by atoms with Crippen LogP contribution < -0.4 is 0 Å².